The lowest BCUT2D eigenvalue weighted by Crippen LogP contribution is -2.49. The van der Waals surface area contributed by atoms with Gasteiger partial charge in [-0.25, -0.2) is 8.42 Å². The molecule has 1 fully saturated rings. The smallest absolute Gasteiger partial charge is 0.241 e. The second-order valence-electron chi connectivity index (χ2n) is 8.47. The molecule has 6 heteroatoms. The van der Waals surface area contributed by atoms with Gasteiger partial charge in [-0.1, -0.05) is 74.0 Å². The van der Waals surface area contributed by atoms with Gasteiger partial charge in [0, 0.05) is 25.0 Å². The minimum Gasteiger partial charge on any atom is -0.354 e. The molecule has 0 bridgehead atoms. The quantitative estimate of drug-likeness (QED) is 0.789. The third-order valence-electron chi connectivity index (χ3n) is 5.61. The summed E-state index contributed by atoms with van der Waals surface area (Å²) in [6, 6.07) is 17.4. The number of sulfone groups is 1. The molecule has 0 aromatic heterocycles. The van der Waals surface area contributed by atoms with Crippen molar-refractivity contribution in [3.05, 3.63) is 71.3 Å². The molecule has 156 valence electrons. The normalized spacial score (nSPS) is 18.2. The summed E-state index contributed by atoms with van der Waals surface area (Å²) in [6.45, 7) is 7.55. The molecule has 0 aliphatic carbocycles. The Bertz CT molecular complexity index is 941. The van der Waals surface area contributed by atoms with Crippen LogP contribution in [0.1, 0.15) is 36.6 Å². The van der Waals surface area contributed by atoms with Gasteiger partial charge in [-0.3, -0.25) is 9.69 Å². The number of amides is 1. The summed E-state index contributed by atoms with van der Waals surface area (Å²) in [6.07, 6.45) is 0. The van der Waals surface area contributed by atoms with E-state index >= 15 is 0 Å². The minimum atomic E-state index is -3.01. The highest BCUT2D eigenvalue weighted by Gasteiger charge is 2.33. The van der Waals surface area contributed by atoms with Crippen LogP contribution in [0.25, 0.3) is 0 Å². The molecule has 0 radical (unpaired) electrons. The highest BCUT2D eigenvalue weighted by molar-refractivity contribution is 7.91. The maximum atomic E-state index is 13.2. The van der Waals surface area contributed by atoms with Gasteiger partial charge in [0.15, 0.2) is 9.84 Å². The highest BCUT2D eigenvalue weighted by atomic mass is 32.2. The van der Waals surface area contributed by atoms with E-state index in [9.17, 15) is 13.2 Å². The molecule has 2 aromatic carbocycles. The molecular weight excluding hydrogens is 384 g/mol. The van der Waals surface area contributed by atoms with Crippen LogP contribution < -0.4 is 5.32 Å². The van der Waals surface area contributed by atoms with Gasteiger partial charge in [0.2, 0.25) is 5.91 Å². The van der Waals surface area contributed by atoms with Crippen molar-refractivity contribution >= 4 is 15.7 Å². The fourth-order valence-electron chi connectivity index (χ4n) is 3.72. The van der Waals surface area contributed by atoms with E-state index in [-0.39, 0.29) is 22.8 Å². The largest absolute Gasteiger partial charge is 0.354 e. The monoisotopic (exact) mass is 414 g/mol. The number of hydrogen-bond donors (Lipinski definition) is 1. The molecule has 2 aromatic rings. The van der Waals surface area contributed by atoms with Gasteiger partial charge >= 0.3 is 0 Å². The van der Waals surface area contributed by atoms with E-state index in [2.05, 4.69) is 44.3 Å². The van der Waals surface area contributed by atoms with Gasteiger partial charge in [-0.2, -0.15) is 0 Å². The van der Waals surface area contributed by atoms with Crippen LogP contribution in [0, 0.1) is 6.92 Å². The average molecular weight is 415 g/mol. The van der Waals surface area contributed by atoms with Crippen LogP contribution in [0.2, 0.25) is 0 Å². The van der Waals surface area contributed by atoms with Gasteiger partial charge in [0.25, 0.3) is 0 Å². The maximum Gasteiger partial charge on any atom is 0.241 e. The Labute approximate surface area is 174 Å². The van der Waals surface area contributed by atoms with Crippen LogP contribution in [0.4, 0.5) is 0 Å². The zero-order valence-corrected chi connectivity index (χ0v) is 18.2. The lowest BCUT2D eigenvalue weighted by atomic mass is 9.84. The summed E-state index contributed by atoms with van der Waals surface area (Å²) in [4.78, 5) is 15.2. The van der Waals surface area contributed by atoms with Crippen molar-refractivity contribution in [1.82, 2.24) is 10.2 Å². The molecule has 1 aliphatic heterocycles. The van der Waals surface area contributed by atoms with Crippen LogP contribution in [0.5, 0.6) is 0 Å². The third-order valence-corrected chi connectivity index (χ3v) is 7.22. The molecule has 1 heterocycles. The van der Waals surface area contributed by atoms with E-state index in [4.69, 9.17) is 0 Å². The van der Waals surface area contributed by atoms with Gasteiger partial charge in [0.05, 0.1) is 11.5 Å². The van der Waals surface area contributed by atoms with Gasteiger partial charge in [-0.15, -0.1) is 0 Å². The second kappa shape index (κ2) is 8.67. The molecule has 1 aliphatic rings. The van der Waals surface area contributed by atoms with E-state index in [0.29, 0.717) is 19.6 Å². The highest BCUT2D eigenvalue weighted by Crippen LogP contribution is 2.26. The molecule has 0 saturated carbocycles. The first-order valence-corrected chi connectivity index (χ1v) is 11.8. The van der Waals surface area contributed by atoms with Crippen molar-refractivity contribution in [3.63, 3.8) is 0 Å². The van der Waals surface area contributed by atoms with E-state index < -0.39 is 15.9 Å². The summed E-state index contributed by atoms with van der Waals surface area (Å²) < 4.78 is 23.7. The van der Waals surface area contributed by atoms with Crippen LogP contribution in [0.3, 0.4) is 0 Å². The topological polar surface area (TPSA) is 66.5 Å². The van der Waals surface area contributed by atoms with Gasteiger partial charge < -0.3 is 5.32 Å². The van der Waals surface area contributed by atoms with Gasteiger partial charge in [0.1, 0.15) is 6.04 Å². The maximum absolute atomic E-state index is 13.2. The minimum absolute atomic E-state index is 0.0868. The Balaban J connectivity index is 1.76. The molecule has 1 N–H and O–H groups in total. The Morgan fingerprint density at radius 3 is 2.34 bits per heavy atom. The Kier molecular flexibility index (Phi) is 6.44. The number of carbonyl (C=O) groups excluding carboxylic acids is 1. The fourth-order valence-corrected chi connectivity index (χ4v) is 4.95. The molecule has 1 atom stereocenters. The first-order chi connectivity index (χ1) is 13.7. The van der Waals surface area contributed by atoms with Crippen molar-refractivity contribution in [3.8, 4) is 0 Å². The van der Waals surface area contributed by atoms with Crippen molar-refractivity contribution < 1.29 is 13.2 Å². The summed E-state index contributed by atoms with van der Waals surface area (Å²) in [5.41, 5.74) is 3.04. The number of benzene rings is 2. The number of nitrogens with one attached hydrogen (secondary N) is 1. The SMILES string of the molecule is Cc1cccc(C(C)(C)CNC(=O)C(c2ccccc2)N2CCS(=O)(=O)CC2)c1. The average Bonchev–Trinajstić information content (AvgIpc) is 2.69. The lowest BCUT2D eigenvalue weighted by molar-refractivity contribution is -0.126. The first kappa shape index (κ1) is 21.5. The van der Waals surface area contributed by atoms with E-state index in [1.807, 2.05) is 41.3 Å². The molecule has 0 spiro atoms. The van der Waals surface area contributed by atoms with Crippen molar-refractivity contribution in [1.29, 1.82) is 0 Å². The lowest BCUT2D eigenvalue weighted by Gasteiger charge is -2.35. The van der Waals surface area contributed by atoms with Crippen molar-refractivity contribution in [2.24, 2.45) is 0 Å². The summed E-state index contributed by atoms with van der Waals surface area (Å²) in [5.74, 6) is 0.104. The first-order valence-electron chi connectivity index (χ1n) is 10.0. The second-order valence-corrected chi connectivity index (χ2v) is 10.8. The Hall–Kier alpha value is -2.18. The van der Waals surface area contributed by atoms with E-state index in [1.165, 1.54) is 11.1 Å². The molecule has 1 amide bonds. The predicted molar refractivity (Wildman–Crippen MR) is 117 cm³/mol. The van der Waals surface area contributed by atoms with Gasteiger partial charge in [-0.05, 0) is 18.1 Å². The van der Waals surface area contributed by atoms with E-state index in [1.54, 1.807) is 0 Å². The third kappa shape index (κ3) is 5.46. The molecule has 5 nitrogen and oxygen atoms in total. The van der Waals surface area contributed by atoms with Crippen molar-refractivity contribution in [2.75, 3.05) is 31.1 Å². The summed E-state index contributed by atoms with van der Waals surface area (Å²) in [5, 5.41) is 3.13. The van der Waals surface area contributed by atoms with Crippen molar-refractivity contribution in [2.45, 2.75) is 32.2 Å². The predicted octanol–water partition coefficient (Wildman–Crippen LogP) is 2.86. The summed E-state index contributed by atoms with van der Waals surface area (Å²) >= 11 is 0. The van der Waals surface area contributed by atoms with Crippen LogP contribution in [-0.2, 0) is 20.0 Å². The number of aryl methyl sites for hydroxylation is 1. The fraction of sp³-hybridized carbons (Fsp3) is 0.435. The number of hydrogen-bond acceptors (Lipinski definition) is 4. The standard InChI is InChI=1S/C23H30N2O3S/c1-18-8-7-11-20(16-18)23(2,3)17-24-22(26)21(19-9-5-4-6-10-19)25-12-14-29(27,28)15-13-25/h4-11,16,21H,12-15,17H2,1-3H3,(H,24,26). The zero-order chi connectivity index (χ0) is 21.1. The zero-order valence-electron chi connectivity index (χ0n) is 17.4. The number of nitrogens with zero attached hydrogens (tertiary/aromatic N) is 1. The Morgan fingerprint density at radius 1 is 1.07 bits per heavy atom. The van der Waals surface area contributed by atoms with Crippen LogP contribution in [-0.4, -0.2) is 50.4 Å². The molecule has 29 heavy (non-hydrogen) atoms. The molecule has 3 rings (SSSR count). The number of rotatable bonds is 6. The molecule has 1 saturated heterocycles. The summed E-state index contributed by atoms with van der Waals surface area (Å²) in [7, 11) is -3.01. The Morgan fingerprint density at radius 2 is 1.72 bits per heavy atom. The van der Waals surface area contributed by atoms with Crippen LogP contribution >= 0.6 is 0 Å². The molecular formula is C23H30N2O3S. The molecule has 1 unspecified atom stereocenters. The van der Waals surface area contributed by atoms with E-state index in [0.717, 1.165) is 5.56 Å². The van der Waals surface area contributed by atoms with Crippen LogP contribution in [0.15, 0.2) is 54.6 Å². The number of carbonyl (C=O) groups is 1.